The van der Waals surface area contributed by atoms with E-state index in [2.05, 4.69) is 313 Å². The second-order valence-corrected chi connectivity index (χ2v) is 22.7. The van der Waals surface area contributed by atoms with Gasteiger partial charge in [0.15, 0.2) is 6.71 Å². The van der Waals surface area contributed by atoms with Crippen molar-refractivity contribution in [2.75, 3.05) is 9.80 Å². The predicted octanol–water partition coefficient (Wildman–Crippen LogP) is 17.1. The van der Waals surface area contributed by atoms with Crippen molar-refractivity contribution in [3.8, 4) is 56.0 Å². The zero-order valence-electron chi connectivity index (χ0n) is 46.0. The fourth-order valence-electron chi connectivity index (χ4n) is 13.3. The van der Waals surface area contributed by atoms with E-state index in [-0.39, 0.29) is 33.2 Å². The average Bonchev–Trinajstić information content (AvgIpc) is 2.91. The molecule has 16 rings (SSSR count). The van der Waals surface area contributed by atoms with E-state index in [4.69, 9.17) is 4.98 Å². The number of nitrogens with zero attached hydrogens (tertiary/aromatic N) is 5. The summed E-state index contributed by atoms with van der Waals surface area (Å²) in [6, 6.07) is 101. The molecule has 0 aliphatic carbocycles. The molecule has 83 heavy (non-hydrogen) atoms. The summed E-state index contributed by atoms with van der Waals surface area (Å²) >= 11 is 0. The van der Waals surface area contributed by atoms with Gasteiger partial charge in [-0.3, -0.25) is 0 Å². The van der Waals surface area contributed by atoms with Crippen LogP contribution in [0.15, 0.2) is 261 Å². The number of hydrogen-bond donors (Lipinski definition) is 0. The van der Waals surface area contributed by atoms with Crippen LogP contribution in [0.25, 0.3) is 99.6 Å². The van der Waals surface area contributed by atoms with Gasteiger partial charge in [-0.05, 0) is 81.1 Å². The van der Waals surface area contributed by atoms with E-state index in [1.165, 1.54) is 55.0 Å². The molecule has 0 saturated carbocycles. The van der Waals surface area contributed by atoms with Crippen LogP contribution >= 0.6 is 0 Å². The van der Waals surface area contributed by atoms with Crippen molar-refractivity contribution in [3.63, 3.8) is 0 Å². The fraction of sp³-hybridized carbons (Fsp3) is 0.0526. The van der Waals surface area contributed by atoms with E-state index in [1.54, 1.807) is 0 Å². The maximum atomic E-state index is 5.22. The number of hydrogen-bond acceptors (Lipinski definition) is 3. The third kappa shape index (κ3) is 8.06. The number of aromatic nitrogens is 3. The van der Waals surface area contributed by atoms with Gasteiger partial charge in [-0.1, -0.05) is 214 Å². The summed E-state index contributed by atoms with van der Waals surface area (Å²) in [6.45, 7) is 8.85. The summed E-state index contributed by atoms with van der Waals surface area (Å²) in [5.41, 5.74) is 23.7. The maximum Gasteiger partial charge on any atom is 0.191 e. The van der Waals surface area contributed by atoms with E-state index in [0.717, 1.165) is 89.3 Å². The van der Waals surface area contributed by atoms with E-state index >= 15 is 0 Å². The van der Waals surface area contributed by atoms with Gasteiger partial charge in [0.25, 0.3) is 0 Å². The molecule has 2 aliphatic heterocycles. The van der Waals surface area contributed by atoms with Crippen LogP contribution in [-0.4, -0.2) is 20.8 Å². The summed E-state index contributed by atoms with van der Waals surface area (Å²) in [6.07, 6.45) is 1.97. The molecular weight excluding hydrogens is 1190 g/mol. The van der Waals surface area contributed by atoms with Crippen LogP contribution in [0, 0.1) is 18.8 Å². The Hall–Kier alpha value is -9.48. The van der Waals surface area contributed by atoms with Gasteiger partial charge in [0.1, 0.15) is 5.82 Å². The zero-order valence-corrected chi connectivity index (χ0v) is 48.3. The van der Waals surface area contributed by atoms with E-state index in [1.807, 2.05) is 6.20 Å². The Balaban J connectivity index is 0.00000588. The third-order valence-corrected chi connectivity index (χ3v) is 17.0. The smallest absolute Gasteiger partial charge is 0.191 e. The molecule has 5 nitrogen and oxygen atoms in total. The zero-order chi connectivity index (χ0) is 54.6. The number of benzene rings is 11. The first kappa shape index (κ1) is 50.5. The van der Waals surface area contributed by atoms with Gasteiger partial charge in [-0.2, -0.15) is 53.4 Å². The molecular formula is C76H53BN5Pt-3. The van der Waals surface area contributed by atoms with Crippen LogP contribution in [0.2, 0.25) is 0 Å². The molecule has 2 aliphatic rings. The molecule has 0 radical (unpaired) electrons. The van der Waals surface area contributed by atoms with Gasteiger partial charge >= 0.3 is 0 Å². The summed E-state index contributed by atoms with van der Waals surface area (Å²) in [5.74, 6) is 0.863. The fourth-order valence-corrected chi connectivity index (χ4v) is 13.3. The molecule has 398 valence electrons. The van der Waals surface area contributed by atoms with E-state index in [9.17, 15) is 0 Å². The number of anilines is 4. The quantitative estimate of drug-likeness (QED) is 0.112. The number of pyridine rings is 1. The van der Waals surface area contributed by atoms with Crippen LogP contribution in [0.4, 0.5) is 22.7 Å². The molecule has 14 aromatic rings. The maximum absolute atomic E-state index is 5.22. The molecule has 0 unspecified atom stereocenters. The van der Waals surface area contributed by atoms with Crippen molar-refractivity contribution in [1.29, 1.82) is 0 Å². The summed E-state index contributed by atoms with van der Waals surface area (Å²) in [5, 5.41) is 4.79. The van der Waals surface area contributed by atoms with Crippen LogP contribution in [0.5, 0.6) is 0 Å². The van der Waals surface area contributed by atoms with Crippen molar-refractivity contribution < 1.29 is 21.1 Å². The monoisotopic (exact) mass is 1240 g/mol. The number of fused-ring (bicyclic) bond motifs is 13. The minimum Gasteiger partial charge on any atom is -0.493 e. The second-order valence-electron chi connectivity index (χ2n) is 22.7. The van der Waals surface area contributed by atoms with Crippen LogP contribution in [0.3, 0.4) is 0 Å². The normalized spacial score (nSPS) is 12.6. The predicted molar refractivity (Wildman–Crippen MR) is 344 cm³/mol. The average molecular weight is 1240 g/mol. The Morgan fingerprint density at radius 1 is 0.446 bits per heavy atom. The van der Waals surface area contributed by atoms with Gasteiger partial charge in [-0.25, -0.2) is 4.98 Å². The van der Waals surface area contributed by atoms with Crippen molar-refractivity contribution >= 4 is 89.5 Å². The number of para-hydroxylation sites is 5. The van der Waals surface area contributed by atoms with Gasteiger partial charge in [0.2, 0.25) is 0 Å². The molecule has 0 bridgehead atoms. The minimum atomic E-state index is -0.227. The van der Waals surface area contributed by atoms with Gasteiger partial charge < -0.3 is 18.9 Å². The van der Waals surface area contributed by atoms with Crippen LogP contribution in [-0.2, 0) is 26.5 Å². The Kier molecular flexibility index (Phi) is 12.1. The first-order valence-electron chi connectivity index (χ1n) is 28.3. The Morgan fingerprint density at radius 3 is 1.80 bits per heavy atom. The molecule has 11 aromatic carbocycles. The Labute approximate surface area is 498 Å². The molecule has 0 amide bonds. The van der Waals surface area contributed by atoms with Crippen LogP contribution < -0.4 is 26.2 Å². The Bertz CT molecular complexity index is 4790. The van der Waals surface area contributed by atoms with Crippen molar-refractivity contribution in [1.82, 2.24) is 14.1 Å². The third-order valence-electron chi connectivity index (χ3n) is 17.0. The first-order chi connectivity index (χ1) is 40.4. The molecule has 0 fully saturated rings. The van der Waals surface area contributed by atoms with Gasteiger partial charge in [0, 0.05) is 82.9 Å². The molecule has 0 atom stereocenters. The molecule has 0 spiro atoms. The van der Waals surface area contributed by atoms with Gasteiger partial charge in [-0.15, -0.1) is 17.7 Å². The molecule has 0 N–H and O–H groups in total. The van der Waals surface area contributed by atoms with E-state index < -0.39 is 0 Å². The second kappa shape index (κ2) is 19.9. The molecule has 7 heteroatoms. The van der Waals surface area contributed by atoms with Crippen LogP contribution in [0.1, 0.15) is 26.3 Å². The SMILES string of the molecule is CC(C)(C)c1ccnc(-n2c3[c-]c(B(c4[c-]c(N5[CH-]N(c6c(-c7ccccc7)cccc6-c6ccccc6)c6ccccc65)ccc4)c4ccccc4)ccc3c3c4c(ccc32)-n2c3ccccc3c3cccc(c32)-c2ccccc2-4)c1.[Pt]. The largest absolute Gasteiger partial charge is 0.493 e. The summed E-state index contributed by atoms with van der Waals surface area (Å²) in [4.78, 5) is 9.90. The topological polar surface area (TPSA) is 29.2 Å². The minimum absolute atomic E-state index is 0. The van der Waals surface area contributed by atoms with Crippen molar-refractivity contribution in [3.05, 3.63) is 285 Å². The summed E-state index contributed by atoms with van der Waals surface area (Å²) in [7, 11) is 0. The summed E-state index contributed by atoms with van der Waals surface area (Å²) < 4.78 is 4.89. The van der Waals surface area contributed by atoms with Gasteiger partial charge in [0.05, 0.1) is 16.7 Å². The standard InChI is InChI=1S/C76H53BN5.Pt/c1-76(2,3)52-44-45-78-71(46-52)81-68-42-43-69-72(61-32-14-13-30-59(61)62-35-21-36-63-60-31-15-16-37-65(60)82(69)75(62)63)73(68)64-41-40-55(48-70(64)81)77(53-26-11-6-12-27-53)54-28-19-29-56(47-54)79-49-80(67-39-18-17-38-66(67)79)74-57(50-22-7-4-8-23-50)33-20-34-58(74)51-24-9-5-10-25-51;/h4-46,49H,1-3H3;/q-3;. The van der Waals surface area contributed by atoms with Crippen molar-refractivity contribution in [2.24, 2.45) is 0 Å². The Morgan fingerprint density at radius 2 is 1.05 bits per heavy atom. The molecule has 5 heterocycles. The van der Waals surface area contributed by atoms with E-state index in [0.29, 0.717) is 0 Å². The molecule has 3 aromatic heterocycles. The van der Waals surface area contributed by atoms with Crippen molar-refractivity contribution in [2.45, 2.75) is 26.2 Å². The number of rotatable bonds is 8. The molecule has 0 saturated heterocycles. The first-order valence-corrected chi connectivity index (χ1v) is 28.3.